The quantitative estimate of drug-likeness (QED) is 0.286. The number of rotatable bonds is 12. The van der Waals surface area contributed by atoms with Crippen LogP contribution in [-0.2, 0) is 17.6 Å². The summed E-state index contributed by atoms with van der Waals surface area (Å²) in [6.07, 6.45) is 7.86. The van der Waals surface area contributed by atoms with Gasteiger partial charge in [0.15, 0.2) is 11.6 Å². The van der Waals surface area contributed by atoms with Crippen molar-refractivity contribution in [1.29, 1.82) is 0 Å². The van der Waals surface area contributed by atoms with Crippen molar-refractivity contribution < 1.29 is 22.6 Å². The summed E-state index contributed by atoms with van der Waals surface area (Å²) in [5, 5.41) is 8.14. The van der Waals surface area contributed by atoms with E-state index in [9.17, 15) is 13.6 Å². The fourth-order valence-corrected chi connectivity index (χ4v) is 4.87. The molecule has 37 heavy (non-hydrogen) atoms. The Kier molecular flexibility index (Phi) is 6.50. The first-order valence-electron chi connectivity index (χ1n) is 13.4. The molecule has 0 saturated heterocycles. The minimum Gasteiger partial charge on any atom is -0.339 e. The van der Waals surface area contributed by atoms with Gasteiger partial charge >= 0.3 is 0 Å². The molecule has 0 unspecified atom stereocenters. The fourth-order valence-electron chi connectivity index (χ4n) is 4.87. The molecule has 0 N–H and O–H groups in total. The van der Waals surface area contributed by atoms with Gasteiger partial charge in [-0.05, 0) is 62.6 Å². The molecule has 1 aromatic carbocycles. The average molecular weight is 512 g/mol. The first-order chi connectivity index (χ1) is 17.9. The Hall–Kier alpha value is -3.17. The predicted octanol–water partition coefficient (Wildman–Crippen LogP) is 5.74. The lowest BCUT2D eigenvalue weighted by atomic mass is 9.80. The van der Waals surface area contributed by atoms with Gasteiger partial charge in [-0.2, -0.15) is 9.97 Å². The van der Waals surface area contributed by atoms with Crippen LogP contribution in [0.1, 0.15) is 81.2 Å². The Labute approximate surface area is 213 Å². The molecule has 1 amide bonds. The van der Waals surface area contributed by atoms with Crippen LogP contribution in [0.3, 0.4) is 0 Å². The summed E-state index contributed by atoms with van der Waals surface area (Å²) in [6, 6.07) is 7.35. The number of halogens is 2. The lowest BCUT2D eigenvalue weighted by Gasteiger charge is -2.37. The minimum absolute atomic E-state index is 0.256. The van der Waals surface area contributed by atoms with Gasteiger partial charge in [0.25, 0.3) is 5.89 Å². The van der Waals surface area contributed by atoms with Crippen molar-refractivity contribution in [2.75, 3.05) is 11.4 Å². The van der Waals surface area contributed by atoms with Gasteiger partial charge in [-0.1, -0.05) is 22.8 Å². The number of hydrogen-bond acceptors (Lipinski definition) is 7. The summed E-state index contributed by atoms with van der Waals surface area (Å²) >= 11 is 0. The van der Waals surface area contributed by atoms with Gasteiger partial charge in [0.2, 0.25) is 17.7 Å². The van der Waals surface area contributed by atoms with Gasteiger partial charge in [-0.3, -0.25) is 4.79 Å². The molecule has 0 radical (unpaired) electrons. The number of aromatic nitrogens is 4. The maximum Gasteiger partial charge on any atom is 0.258 e. The van der Waals surface area contributed by atoms with Crippen LogP contribution in [0.5, 0.6) is 0 Å². The summed E-state index contributed by atoms with van der Waals surface area (Å²) in [7, 11) is 0. The van der Waals surface area contributed by atoms with Crippen molar-refractivity contribution >= 4 is 11.6 Å². The second-order valence-corrected chi connectivity index (χ2v) is 10.8. The van der Waals surface area contributed by atoms with Crippen LogP contribution in [0.25, 0.3) is 11.5 Å². The van der Waals surface area contributed by atoms with E-state index < -0.39 is 24.7 Å². The van der Waals surface area contributed by atoms with Gasteiger partial charge in [0.05, 0.1) is 0 Å². The van der Waals surface area contributed by atoms with Crippen LogP contribution in [-0.4, -0.2) is 38.7 Å². The van der Waals surface area contributed by atoms with E-state index in [2.05, 4.69) is 20.3 Å². The SMILES string of the molecule is O=C(C1CC(F)(F)C1)N(CCCCCc1nc(CC2CC2)no1)c1cccc(-c2nc(C3CC3)no2)c1. The second-order valence-electron chi connectivity index (χ2n) is 10.8. The number of benzene rings is 1. The third kappa shape index (κ3) is 5.88. The molecule has 3 aliphatic carbocycles. The molecular weight excluding hydrogens is 480 g/mol. The van der Waals surface area contributed by atoms with E-state index in [0.29, 0.717) is 53.7 Å². The monoisotopic (exact) mass is 511 g/mol. The topological polar surface area (TPSA) is 98.2 Å². The van der Waals surface area contributed by atoms with Crippen molar-refractivity contribution in [1.82, 2.24) is 20.3 Å². The summed E-state index contributed by atoms with van der Waals surface area (Å²) in [5.74, 6) is -0.0213. The molecule has 0 aliphatic heterocycles. The van der Waals surface area contributed by atoms with Crippen LogP contribution in [0.4, 0.5) is 14.5 Å². The highest BCUT2D eigenvalue weighted by atomic mass is 19.3. The number of anilines is 1. The summed E-state index contributed by atoms with van der Waals surface area (Å²) < 4.78 is 37.9. The van der Waals surface area contributed by atoms with E-state index in [1.54, 1.807) is 4.90 Å². The highest BCUT2D eigenvalue weighted by Gasteiger charge is 2.50. The first-order valence-corrected chi connectivity index (χ1v) is 13.4. The van der Waals surface area contributed by atoms with Gasteiger partial charge in [-0.15, -0.1) is 0 Å². The standard InChI is InChI=1S/C27H31F2N5O3/c28-27(29)15-20(16-27)26(35)34(12-3-1-2-7-23-30-22(32-36-23)13-17-8-9-17)21-6-4-5-19(14-21)25-31-24(33-37-25)18-10-11-18/h4-6,14,17-18,20H,1-3,7-13,15-16H2. The van der Waals surface area contributed by atoms with Crippen molar-refractivity contribution in [3.05, 3.63) is 41.8 Å². The Morgan fingerprint density at radius 3 is 2.62 bits per heavy atom. The Bertz CT molecular complexity index is 1240. The smallest absolute Gasteiger partial charge is 0.258 e. The summed E-state index contributed by atoms with van der Waals surface area (Å²) in [6.45, 7) is 0.443. The zero-order valence-electron chi connectivity index (χ0n) is 20.7. The van der Waals surface area contributed by atoms with E-state index in [-0.39, 0.29) is 5.91 Å². The molecule has 0 atom stereocenters. The predicted molar refractivity (Wildman–Crippen MR) is 130 cm³/mol. The van der Waals surface area contributed by atoms with Crippen LogP contribution in [0.2, 0.25) is 0 Å². The van der Waals surface area contributed by atoms with Crippen molar-refractivity contribution in [3.8, 4) is 11.5 Å². The second kappa shape index (κ2) is 9.95. The Morgan fingerprint density at radius 2 is 1.86 bits per heavy atom. The summed E-state index contributed by atoms with van der Waals surface area (Å²) in [5.41, 5.74) is 1.37. The molecule has 2 heterocycles. The fraction of sp³-hybridized carbons (Fsp3) is 0.593. The third-order valence-corrected chi connectivity index (χ3v) is 7.45. The molecule has 3 saturated carbocycles. The molecule has 10 heteroatoms. The number of unbranched alkanes of at least 4 members (excludes halogenated alkanes) is 2. The van der Waals surface area contributed by atoms with Crippen LogP contribution < -0.4 is 4.90 Å². The Balaban J connectivity index is 1.09. The van der Waals surface area contributed by atoms with Gasteiger partial charge in [-0.25, -0.2) is 8.78 Å². The molecule has 2 aromatic heterocycles. The number of alkyl halides is 2. The highest BCUT2D eigenvalue weighted by molar-refractivity contribution is 5.96. The van der Waals surface area contributed by atoms with Crippen molar-refractivity contribution in [3.63, 3.8) is 0 Å². The minimum atomic E-state index is -2.75. The maximum absolute atomic E-state index is 13.5. The first kappa shape index (κ1) is 24.2. The van der Waals surface area contributed by atoms with Crippen molar-refractivity contribution in [2.45, 2.75) is 82.5 Å². The van der Waals surface area contributed by atoms with Gasteiger partial charge in [0, 0.05) is 55.3 Å². The Morgan fingerprint density at radius 1 is 1.03 bits per heavy atom. The lowest BCUT2D eigenvalue weighted by Crippen LogP contribution is -2.47. The van der Waals surface area contributed by atoms with E-state index in [4.69, 9.17) is 9.05 Å². The molecule has 3 aliphatic rings. The van der Waals surface area contributed by atoms with Crippen LogP contribution in [0.15, 0.2) is 33.3 Å². The zero-order valence-corrected chi connectivity index (χ0v) is 20.7. The molecule has 3 fully saturated rings. The molecule has 196 valence electrons. The lowest BCUT2D eigenvalue weighted by molar-refractivity contribution is -0.147. The van der Waals surface area contributed by atoms with E-state index in [1.807, 2.05) is 24.3 Å². The number of aryl methyl sites for hydroxylation is 1. The average Bonchev–Trinajstić information content (AvgIpc) is 3.79. The molecule has 0 spiro atoms. The van der Waals surface area contributed by atoms with E-state index in [1.165, 1.54) is 12.8 Å². The third-order valence-electron chi connectivity index (χ3n) is 7.45. The van der Waals surface area contributed by atoms with E-state index >= 15 is 0 Å². The molecular formula is C27H31F2N5O3. The number of carbonyl (C=O) groups excluding carboxylic acids is 1. The normalized spacial score (nSPS) is 19.1. The molecule has 0 bridgehead atoms. The van der Waals surface area contributed by atoms with Crippen LogP contribution >= 0.6 is 0 Å². The number of hydrogen-bond donors (Lipinski definition) is 0. The summed E-state index contributed by atoms with van der Waals surface area (Å²) in [4.78, 5) is 23.9. The molecule has 3 aromatic rings. The van der Waals surface area contributed by atoms with E-state index in [0.717, 1.165) is 44.3 Å². The van der Waals surface area contributed by atoms with Crippen molar-refractivity contribution in [2.24, 2.45) is 11.8 Å². The van der Waals surface area contributed by atoms with Crippen LogP contribution in [0, 0.1) is 11.8 Å². The largest absolute Gasteiger partial charge is 0.339 e. The number of nitrogens with zero attached hydrogens (tertiary/aromatic N) is 5. The zero-order chi connectivity index (χ0) is 25.4. The number of carbonyl (C=O) groups is 1. The molecule has 6 rings (SSSR count). The van der Waals surface area contributed by atoms with Gasteiger partial charge < -0.3 is 13.9 Å². The molecule has 8 nitrogen and oxygen atoms in total. The van der Waals surface area contributed by atoms with Gasteiger partial charge in [0.1, 0.15) is 0 Å². The highest BCUT2D eigenvalue weighted by Crippen LogP contribution is 2.44. The maximum atomic E-state index is 13.5. The number of amides is 1.